The molecule has 4 N–H and O–H groups in total. The number of carbonyl (C=O) groups excluding carboxylic acids is 1. The lowest BCUT2D eigenvalue weighted by Crippen LogP contribution is -2.65. The van der Waals surface area contributed by atoms with Crippen molar-refractivity contribution in [3.05, 3.63) is 0 Å². The Morgan fingerprint density at radius 3 is 1.50 bits per heavy atom. The van der Waals surface area contributed by atoms with Crippen molar-refractivity contribution in [3.63, 3.8) is 0 Å². The molecular formula is C21H42N4O. The van der Waals surface area contributed by atoms with Gasteiger partial charge in [-0.15, -0.1) is 0 Å². The number of carbonyl (C=O) groups is 1. The standard InChI is InChI=1S/C21H42N4O/c1-14(22-15-10-18(2,3)24-19(4,5)11-15)17(26)23-16-12-20(6,7)25-21(8,9)13-16/h14-16,22,24-25H,10-13H2,1-9H3,(H,23,26). The Morgan fingerprint density at radius 1 is 0.769 bits per heavy atom. The van der Waals surface area contributed by atoms with Crippen LogP contribution in [0.1, 0.15) is 88.0 Å². The van der Waals surface area contributed by atoms with E-state index in [2.05, 4.69) is 76.7 Å². The first-order chi connectivity index (χ1) is 11.6. The zero-order valence-electron chi connectivity index (χ0n) is 18.5. The van der Waals surface area contributed by atoms with Gasteiger partial charge in [-0.3, -0.25) is 4.79 Å². The van der Waals surface area contributed by atoms with Crippen LogP contribution in [-0.4, -0.2) is 46.2 Å². The topological polar surface area (TPSA) is 65.2 Å². The average Bonchev–Trinajstić information content (AvgIpc) is 2.29. The Labute approximate surface area is 160 Å². The summed E-state index contributed by atoms with van der Waals surface area (Å²) < 4.78 is 0. The summed E-state index contributed by atoms with van der Waals surface area (Å²) in [5.41, 5.74) is 0.246. The van der Waals surface area contributed by atoms with Gasteiger partial charge in [-0.1, -0.05) is 0 Å². The second-order valence-electron chi connectivity index (χ2n) is 11.4. The number of nitrogens with one attached hydrogen (secondary N) is 4. The first-order valence-corrected chi connectivity index (χ1v) is 10.2. The molecule has 2 heterocycles. The molecule has 0 spiro atoms. The number of hydrogen-bond acceptors (Lipinski definition) is 4. The van der Waals surface area contributed by atoms with Crippen LogP contribution >= 0.6 is 0 Å². The lowest BCUT2D eigenvalue weighted by molar-refractivity contribution is -0.124. The van der Waals surface area contributed by atoms with Crippen LogP contribution in [0.2, 0.25) is 0 Å². The maximum Gasteiger partial charge on any atom is 0.237 e. The average molecular weight is 367 g/mol. The van der Waals surface area contributed by atoms with Gasteiger partial charge in [0.2, 0.25) is 5.91 Å². The lowest BCUT2D eigenvalue weighted by atomic mass is 9.79. The van der Waals surface area contributed by atoms with Gasteiger partial charge in [0.25, 0.3) is 0 Å². The molecule has 0 aromatic carbocycles. The summed E-state index contributed by atoms with van der Waals surface area (Å²) in [7, 11) is 0. The lowest BCUT2D eigenvalue weighted by Gasteiger charge is -2.48. The molecule has 2 rings (SSSR count). The Hall–Kier alpha value is -0.650. The highest BCUT2D eigenvalue weighted by atomic mass is 16.2. The van der Waals surface area contributed by atoms with Crippen molar-refractivity contribution in [2.75, 3.05) is 0 Å². The Bertz CT molecular complexity index is 492. The molecular weight excluding hydrogens is 324 g/mol. The minimum atomic E-state index is -0.175. The van der Waals surface area contributed by atoms with Gasteiger partial charge in [-0.2, -0.15) is 0 Å². The van der Waals surface area contributed by atoms with Gasteiger partial charge in [-0.05, 0) is 88.0 Å². The van der Waals surface area contributed by atoms with Gasteiger partial charge in [0.1, 0.15) is 0 Å². The molecule has 0 bridgehead atoms. The van der Waals surface area contributed by atoms with Gasteiger partial charge in [0.15, 0.2) is 0 Å². The molecule has 2 saturated heterocycles. The van der Waals surface area contributed by atoms with E-state index in [1.807, 2.05) is 6.92 Å². The molecule has 0 saturated carbocycles. The van der Waals surface area contributed by atoms with Crippen LogP contribution in [0, 0.1) is 0 Å². The zero-order valence-corrected chi connectivity index (χ0v) is 18.5. The second-order valence-corrected chi connectivity index (χ2v) is 11.4. The van der Waals surface area contributed by atoms with Crippen LogP contribution < -0.4 is 21.3 Å². The van der Waals surface area contributed by atoms with Crippen molar-refractivity contribution < 1.29 is 4.79 Å². The molecule has 0 aromatic heterocycles. The number of rotatable bonds is 4. The fourth-order valence-electron chi connectivity index (χ4n) is 5.62. The third-order valence-electron chi connectivity index (χ3n) is 5.61. The van der Waals surface area contributed by atoms with E-state index in [0.717, 1.165) is 25.7 Å². The summed E-state index contributed by atoms with van der Waals surface area (Å²) in [5, 5.41) is 14.3. The van der Waals surface area contributed by atoms with Gasteiger partial charge in [-0.25, -0.2) is 0 Å². The predicted molar refractivity (Wildman–Crippen MR) is 109 cm³/mol. The fraction of sp³-hybridized carbons (Fsp3) is 0.952. The third-order valence-corrected chi connectivity index (χ3v) is 5.61. The van der Waals surface area contributed by atoms with E-state index in [9.17, 15) is 4.79 Å². The van der Waals surface area contributed by atoms with Gasteiger partial charge in [0, 0.05) is 34.2 Å². The molecule has 0 radical (unpaired) electrons. The van der Waals surface area contributed by atoms with Crippen LogP contribution in [-0.2, 0) is 4.79 Å². The smallest absolute Gasteiger partial charge is 0.237 e. The summed E-state index contributed by atoms with van der Waals surface area (Å²) in [6.07, 6.45) is 3.98. The monoisotopic (exact) mass is 366 g/mol. The van der Waals surface area contributed by atoms with Crippen molar-refractivity contribution in [3.8, 4) is 0 Å². The Morgan fingerprint density at radius 2 is 1.12 bits per heavy atom. The van der Waals surface area contributed by atoms with Crippen LogP contribution in [0.5, 0.6) is 0 Å². The highest BCUT2D eigenvalue weighted by Crippen LogP contribution is 2.30. The van der Waals surface area contributed by atoms with E-state index in [0.29, 0.717) is 6.04 Å². The number of piperidine rings is 2. The van der Waals surface area contributed by atoms with Gasteiger partial charge >= 0.3 is 0 Å². The minimum absolute atomic E-state index is 0.0411. The molecule has 152 valence electrons. The largest absolute Gasteiger partial charge is 0.352 e. The van der Waals surface area contributed by atoms with Crippen molar-refractivity contribution in [1.29, 1.82) is 0 Å². The van der Waals surface area contributed by atoms with E-state index in [4.69, 9.17) is 0 Å². The number of hydrogen-bond donors (Lipinski definition) is 4. The predicted octanol–water partition coefficient (Wildman–Crippen LogP) is 2.70. The van der Waals surface area contributed by atoms with Gasteiger partial charge < -0.3 is 21.3 Å². The van der Waals surface area contributed by atoms with Crippen molar-refractivity contribution in [2.45, 2.75) is 128 Å². The van der Waals surface area contributed by atoms with Gasteiger partial charge in [0.05, 0.1) is 6.04 Å². The molecule has 1 unspecified atom stereocenters. The molecule has 26 heavy (non-hydrogen) atoms. The summed E-state index contributed by atoms with van der Waals surface area (Å²) in [5.74, 6) is 0.123. The normalized spacial score (nSPS) is 29.1. The van der Waals surface area contributed by atoms with E-state index in [1.165, 1.54) is 0 Å². The van der Waals surface area contributed by atoms with E-state index in [1.54, 1.807) is 0 Å². The van der Waals surface area contributed by atoms with Crippen molar-refractivity contribution in [1.82, 2.24) is 21.3 Å². The Kier molecular flexibility index (Phi) is 5.88. The second kappa shape index (κ2) is 7.06. The van der Waals surface area contributed by atoms with Crippen LogP contribution in [0.4, 0.5) is 0 Å². The first-order valence-electron chi connectivity index (χ1n) is 10.2. The summed E-state index contributed by atoms with van der Waals surface area (Å²) in [4.78, 5) is 12.8. The SMILES string of the molecule is CC(NC1CC(C)(C)NC(C)(C)C1)C(=O)NC1CC(C)(C)NC(C)(C)C1. The van der Waals surface area contributed by atoms with E-state index >= 15 is 0 Å². The fourth-order valence-corrected chi connectivity index (χ4v) is 5.62. The van der Waals surface area contributed by atoms with Crippen molar-refractivity contribution >= 4 is 5.91 Å². The first kappa shape index (κ1) is 21.6. The summed E-state index contributed by atoms with van der Waals surface area (Å²) >= 11 is 0. The quantitative estimate of drug-likeness (QED) is 0.618. The van der Waals surface area contributed by atoms with Crippen molar-refractivity contribution in [2.24, 2.45) is 0 Å². The highest BCUT2D eigenvalue weighted by molar-refractivity contribution is 5.81. The van der Waals surface area contributed by atoms with E-state index < -0.39 is 0 Å². The molecule has 2 aliphatic heterocycles. The van der Waals surface area contributed by atoms with E-state index in [-0.39, 0.29) is 40.1 Å². The molecule has 5 nitrogen and oxygen atoms in total. The maximum absolute atomic E-state index is 12.8. The molecule has 0 aliphatic carbocycles. The Balaban J connectivity index is 1.93. The number of amides is 1. The molecule has 1 atom stereocenters. The highest BCUT2D eigenvalue weighted by Gasteiger charge is 2.40. The summed E-state index contributed by atoms with van der Waals surface area (Å²) in [6, 6.07) is 0.396. The molecule has 0 aromatic rings. The molecule has 2 aliphatic rings. The molecule has 1 amide bonds. The van der Waals surface area contributed by atoms with Crippen LogP contribution in [0.3, 0.4) is 0 Å². The third kappa shape index (κ3) is 6.21. The zero-order chi connectivity index (χ0) is 20.0. The summed E-state index contributed by atoms with van der Waals surface area (Å²) in [6.45, 7) is 19.8. The molecule has 2 fully saturated rings. The van der Waals surface area contributed by atoms with Crippen LogP contribution in [0.15, 0.2) is 0 Å². The minimum Gasteiger partial charge on any atom is -0.352 e. The maximum atomic E-state index is 12.8. The molecule has 5 heteroatoms. The van der Waals surface area contributed by atoms with Crippen LogP contribution in [0.25, 0.3) is 0 Å².